The molecule has 2 rings (SSSR count). The molecule has 20 heavy (non-hydrogen) atoms. The second-order valence-corrected chi connectivity index (χ2v) is 5.05. The lowest BCUT2D eigenvalue weighted by atomic mass is 10.1. The number of para-hydroxylation sites is 1. The summed E-state index contributed by atoms with van der Waals surface area (Å²) in [5.74, 6) is 0.895. The van der Waals surface area contributed by atoms with Gasteiger partial charge in [-0.15, -0.1) is 0 Å². The van der Waals surface area contributed by atoms with Crippen molar-refractivity contribution >= 4 is 5.78 Å². The van der Waals surface area contributed by atoms with Crippen molar-refractivity contribution in [2.45, 2.75) is 19.8 Å². The van der Waals surface area contributed by atoms with Crippen LogP contribution in [-0.4, -0.2) is 50.0 Å². The number of carbonyl (C=O) groups excluding carboxylic acids is 1. The Hall–Kier alpha value is -1.39. The van der Waals surface area contributed by atoms with E-state index < -0.39 is 0 Å². The zero-order chi connectivity index (χ0) is 14.2. The van der Waals surface area contributed by atoms with Gasteiger partial charge in [-0.3, -0.25) is 4.79 Å². The minimum absolute atomic E-state index is 0.184. The molecule has 1 aromatic carbocycles. The maximum absolute atomic E-state index is 12.3. The lowest BCUT2D eigenvalue weighted by molar-refractivity contribution is 0.0970. The Balaban J connectivity index is 1.82. The first kappa shape index (κ1) is 15.0. The molecule has 0 unspecified atom stereocenters. The van der Waals surface area contributed by atoms with Gasteiger partial charge in [0.2, 0.25) is 0 Å². The van der Waals surface area contributed by atoms with Gasteiger partial charge in [-0.2, -0.15) is 0 Å². The van der Waals surface area contributed by atoms with Crippen LogP contribution >= 0.6 is 0 Å². The maximum atomic E-state index is 12.3. The summed E-state index contributed by atoms with van der Waals surface area (Å²) < 4.78 is 5.51. The van der Waals surface area contributed by atoms with Crippen molar-refractivity contribution in [3.05, 3.63) is 29.8 Å². The molecule has 1 aliphatic rings. The zero-order valence-electron chi connectivity index (χ0n) is 12.2. The van der Waals surface area contributed by atoms with Gasteiger partial charge in [0.05, 0.1) is 12.2 Å². The molecule has 1 aromatic rings. The topological polar surface area (TPSA) is 41.6 Å². The van der Waals surface area contributed by atoms with Crippen LogP contribution in [0, 0.1) is 0 Å². The van der Waals surface area contributed by atoms with Crippen molar-refractivity contribution in [2.75, 3.05) is 39.3 Å². The minimum atomic E-state index is 0.184. The fourth-order valence-corrected chi connectivity index (χ4v) is 2.51. The van der Waals surface area contributed by atoms with Crippen molar-refractivity contribution in [1.82, 2.24) is 10.2 Å². The number of piperazine rings is 1. The average Bonchev–Trinajstić information content (AvgIpc) is 2.49. The number of rotatable bonds is 7. The third-order valence-corrected chi connectivity index (χ3v) is 3.58. The van der Waals surface area contributed by atoms with Gasteiger partial charge in [0.25, 0.3) is 0 Å². The molecule has 0 amide bonds. The molecule has 0 radical (unpaired) electrons. The number of ether oxygens (including phenoxy) is 1. The molecule has 110 valence electrons. The van der Waals surface area contributed by atoms with Crippen molar-refractivity contribution in [3.8, 4) is 5.75 Å². The second kappa shape index (κ2) is 8.02. The third-order valence-electron chi connectivity index (χ3n) is 3.58. The fraction of sp³-hybridized carbons (Fsp3) is 0.562. The number of Topliss-reactive ketones (excluding diaryl/α,β-unsaturated/α-hetero) is 1. The SMILES string of the molecule is CCOc1ccccc1C(=O)CCCN1CCNCC1. The highest BCUT2D eigenvalue weighted by molar-refractivity contribution is 5.98. The van der Waals surface area contributed by atoms with Gasteiger partial charge in [-0.25, -0.2) is 0 Å². The molecule has 0 saturated carbocycles. The Labute approximate surface area is 121 Å². The van der Waals surface area contributed by atoms with E-state index in [1.165, 1.54) is 0 Å². The first-order valence-corrected chi connectivity index (χ1v) is 7.49. The Morgan fingerprint density at radius 2 is 2.05 bits per heavy atom. The van der Waals surface area contributed by atoms with Crippen LogP contribution in [0.25, 0.3) is 0 Å². The molecule has 0 spiro atoms. The van der Waals surface area contributed by atoms with Crippen molar-refractivity contribution in [3.63, 3.8) is 0 Å². The zero-order valence-corrected chi connectivity index (χ0v) is 12.2. The van der Waals surface area contributed by atoms with Gasteiger partial charge in [-0.1, -0.05) is 12.1 Å². The summed E-state index contributed by atoms with van der Waals surface area (Å²) in [6, 6.07) is 7.53. The van der Waals surface area contributed by atoms with Crippen molar-refractivity contribution in [2.24, 2.45) is 0 Å². The lowest BCUT2D eigenvalue weighted by Crippen LogP contribution is -2.43. The highest BCUT2D eigenvalue weighted by Crippen LogP contribution is 2.20. The van der Waals surface area contributed by atoms with Crippen molar-refractivity contribution in [1.29, 1.82) is 0 Å². The van der Waals surface area contributed by atoms with Crippen LogP contribution in [0.2, 0.25) is 0 Å². The predicted octanol–water partition coefficient (Wildman–Crippen LogP) is 1.95. The summed E-state index contributed by atoms with van der Waals surface area (Å²) in [5, 5.41) is 3.34. The largest absolute Gasteiger partial charge is 0.493 e. The van der Waals surface area contributed by atoms with Crippen LogP contribution in [0.1, 0.15) is 30.1 Å². The first-order valence-electron chi connectivity index (χ1n) is 7.49. The van der Waals surface area contributed by atoms with E-state index in [9.17, 15) is 4.79 Å². The number of hydrogen-bond acceptors (Lipinski definition) is 4. The molecular weight excluding hydrogens is 252 g/mol. The summed E-state index contributed by atoms with van der Waals surface area (Å²) in [6.45, 7) is 7.82. The Morgan fingerprint density at radius 1 is 1.30 bits per heavy atom. The van der Waals surface area contributed by atoms with E-state index in [1.807, 2.05) is 31.2 Å². The fourth-order valence-electron chi connectivity index (χ4n) is 2.51. The van der Waals surface area contributed by atoms with Gasteiger partial charge in [-0.05, 0) is 32.0 Å². The molecule has 4 heteroatoms. The number of nitrogens with zero attached hydrogens (tertiary/aromatic N) is 1. The standard InChI is InChI=1S/C16H24N2O2/c1-2-20-16-8-4-3-6-14(16)15(19)7-5-11-18-12-9-17-10-13-18/h3-4,6,8,17H,2,5,7,9-13H2,1H3. The van der Waals surface area contributed by atoms with Crippen LogP contribution in [0.4, 0.5) is 0 Å². The van der Waals surface area contributed by atoms with Gasteiger partial charge in [0, 0.05) is 32.6 Å². The van der Waals surface area contributed by atoms with Crippen LogP contribution in [0.3, 0.4) is 0 Å². The minimum Gasteiger partial charge on any atom is -0.493 e. The molecule has 4 nitrogen and oxygen atoms in total. The van der Waals surface area contributed by atoms with E-state index in [0.717, 1.165) is 44.7 Å². The Morgan fingerprint density at radius 3 is 2.80 bits per heavy atom. The highest BCUT2D eigenvalue weighted by Gasteiger charge is 2.13. The van der Waals surface area contributed by atoms with Crippen LogP contribution in [0.5, 0.6) is 5.75 Å². The number of hydrogen-bond donors (Lipinski definition) is 1. The van der Waals surface area contributed by atoms with E-state index in [1.54, 1.807) is 0 Å². The lowest BCUT2D eigenvalue weighted by Gasteiger charge is -2.26. The monoisotopic (exact) mass is 276 g/mol. The summed E-state index contributed by atoms with van der Waals surface area (Å²) in [7, 11) is 0. The van der Waals surface area contributed by atoms with E-state index in [0.29, 0.717) is 18.8 Å². The molecule has 0 aromatic heterocycles. The molecule has 1 fully saturated rings. The Bertz CT molecular complexity index is 428. The summed E-state index contributed by atoms with van der Waals surface area (Å²) >= 11 is 0. The van der Waals surface area contributed by atoms with Crippen LogP contribution < -0.4 is 10.1 Å². The number of carbonyl (C=O) groups is 1. The molecule has 1 saturated heterocycles. The van der Waals surface area contributed by atoms with E-state index in [2.05, 4.69) is 10.2 Å². The van der Waals surface area contributed by atoms with E-state index >= 15 is 0 Å². The van der Waals surface area contributed by atoms with Crippen LogP contribution in [-0.2, 0) is 0 Å². The normalized spacial score (nSPS) is 16.1. The van der Waals surface area contributed by atoms with E-state index in [4.69, 9.17) is 4.74 Å². The molecule has 1 heterocycles. The molecule has 0 aliphatic carbocycles. The summed E-state index contributed by atoms with van der Waals surface area (Å²) in [5.41, 5.74) is 0.717. The van der Waals surface area contributed by atoms with Gasteiger partial charge < -0.3 is 15.0 Å². The smallest absolute Gasteiger partial charge is 0.166 e. The van der Waals surface area contributed by atoms with Crippen molar-refractivity contribution < 1.29 is 9.53 Å². The van der Waals surface area contributed by atoms with Gasteiger partial charge in [0.15, 0.2) is 5.78 Å². The number of ketones is 1. The average molecular weight is 276 g/mol. The quantitative estimate of drug-likeness (QED) is 0.773. The summed E-state index contributed by atoms with van der Waals surface area (Å²) in [4.78, 5) is 14.7. The third kappa shape index (κ3) is 4.32. The first-order chi connectivity index (χ1) is 9.81. The number of nitrogens with one attached hydrogen (secondary N) is 1. The van der Waals surface area contributed by atoms with Gasteiger partial charge >= 0.3 is 0 Å². The summed E-state index contributed by atoms with van der Waals surface area (Å²) in [6.07, 6.45) is 1.51. The molecular formula is C16H24N2O2. The molecule has 0 bridgehead atoms. The Kier molecular flexibility index (Phi) is 6.02. The molecule has 1 N–H and O–H groups in total. The number of benzene rings is 1. The molecule has 0 atom stereocenters. The predicted molar refractivity (Wildman–Crippen MR) is 80.5 cm³/mol. The van der Waals surface area contributed by atoms with E-state index in [-0.39, 0.29) is 5.78 Å². The van der Waals surface area contributed by atoms with Gasteiger partial charge in [0.1, 0.15) is 5.75 Å². The highest BCUT2D eigenvalue weighted by atomic mass is 16.5. The molecule has 1 aliphatic heterocycles. The second-order valence-electron chi connectivity index (χ2n) is 5.05. The maximum Gasteiger partial charge on any atom is 0.166 e. The van der Waals surface area contributed by atoms with Crippen LogP contribution in [0.15, 0.2) is 24.3 Å².